The average Bonchev–Trinajstić information content (AvgIpc) is 2.96. The van der Waals surface area contributed by atoms with E-state index < -0.39 is 0 Å². The number of aromatic nitrogens is 2. The monoisotopic (exact) mass is 291 g/mol. The lowest BCUT2D eigenvalue weighted by Gasteiger charge is -2.35. The molecule has 0 N–H and O–H groups in total. The summed E-state index contributed by atoms with van der Waals surface area (Å²) < 4.78 is 11.5. The van der Waals surface area contributed by atoms with E-state index in [1.54, 1.807) is 12.3 Å². The van der Waals surface area contributed by atoms with Crippen LogP contribution >= 0.6 is 0 Å². The van der Waals surface area contributed by atoms with Crippen molar-refractivity contribution in [2.45, 2.75) is 44.4 Å². The summed E-state index contributed by atoms with van der Waals surface area (Å²) in [7, 11) is 0. The van der Waals surface area contributed by atoms with Crippen LogP contribution in [0.5, 0.6) is 0 Å². The van der Waals surface area contributed by atoms with Gasteiger partial charge in [-0.05, 0) is 32.3 Å². The minimum Gasteiger partial charge on any atom is -0.379 e. The van der Waals surface area contributed by atoms with E-state index in [0.29, 0.717) is 18.8 Å². The first kappa shape index (κ1) is 14.4. The molecule has 1 aromatic rings. The molecule has 3 atom stereocenters. The van der Waals surface area contributed by atoms with E-state index in [2.05, 4.69) is 10.2 Å². The van der Waals surface area contributed by atoms with Gasteiger partial charge in [0.2, 0.25) is 0 Å². The van der Waals surface area contributed by atoms with E-state index in [-0.39, 0.29) is 24.2 Å². The van der Waals surface area contributed by atoms with Gasteiger partial charge in [-0.2, -0.15) is 10.2 Å². The van der Waals surface area contributed by atoms with Gasteiger partial charge in [0.1, 0.15) is 0 Å². The van der Waals surface area contributed by atoms with Gasteiger partial charge in [-0.25, -0.2) is 0 Å². The minimum absolute atomic E-state index is 0.0317. The predicted octanol–water partition coefficient (Wildman–Crippen LogP) is 1.28. The van der Waals surface area contributed by atoms with Crippen LogP contribution in [-0.4, -0.2) is 59.0 Å². The first-order chi connectivity index (χ1) is 10.3. The van der Waals surface area contributed by atoms with Crippen molar-refractivity contribution < 1.29 is 14.3 Å². The zero-order valence-corrected chi connectivity index (χ0v) is 12.3. The van der Waals surface area contributed by atoms with Crippen molar-refractivity contribution >= 4 is 5.91 Å². The molecule has 0 unspecified atom stereocenters. The Morgan fingerprint density at radius 3 is 3.10 bits per heavy atom. The normalized spacial score (nSPS) is 28.4. The number of likely N-dealkylation sites (tertiary alicyclic amines) is 1. The SMILES string of the molecule is CCOC[C@H]1CC[C@H]2[C@H](CCN2C(=O)c2ccnnc2)O1. The van der Waals surface area contributed by atoms with Crippen LogP contribution in [0.2, 0.25) is 0 Å². The van der Waals surface area contributed by atoms with Crippen LogP contribution in [0.4, 0.5) is 0 Å². The van der Waals surface area contributed by atoms with Gasteiger partial charge in [-0.15, -0.1) is 0 Å². The lowest BCUT2D eigenvalue weighted by atomic mass is 9.99. The van der Waals surface area contributed by atoms with Crippen LogP contribution in [0.15, 0.2) is 18.5 Å². The number of nitrogens with zero attached hydrogens (tertiary/aromatic N) is 3. The second-order valence-corrected chi connectivity index (χ2v) is 5.52. The van der Waals surface area contributed by atoms with Gasteiger partial charge in [0, 0.05) is 13.2 Å². The van der Waals surface area contributed by atoms with Crippen molar-refractivity contribution in [1.82, 2.24) is 15.1 Å². The van der Waals surface area contributed by atoms with Gasteiger partial charge in [-0.3, -0.25) is 4.79 Å². The Morgan fingerprint density at radius 2 is 2.33 bits per heavy atom. The Bertz CT molecular complexity index is 482. The second-order valence-electron chi connectivity index (χ2n) is 5.52. The molecule has 114 valence electrons. The standard InChI is InChI=1S/C15H21N3O3/c1-2-20-10-12-3-4-13-14(21-12)6-8-18(13)15(19)11-5-7-16-17-9-11/h5,7,9,12-14H,2-4,6,8,10H2,1H3/t12-,13+,14+/m1/s1. The summed E-state index contributed by atoms with van der Waals surface area (Å²) in [4.78, 5) is 14.5. The van der Waals surface area contributed by atoms with Crippen molar-refractivity contribution in [1.29, 1.82) is 0 Å². The molecule has 0 saturated carbocycles. The van der Waals surface area contributed by atoms with Crippen LogP contribution in [0.1, 0.15) is 36.5 Å². The Labute approximate surface area is 124 Å². The first-order valence-electron chi connectivity index (χ1n) is 7.60. The highest BCUT2D eigenvalue weighted by Crippen LogP contribution is 2.32. The Morgan fingerprint density at radius 1 is 1.43 bits per heavy atom. The summed E-state index contributed by atoms with van der Waals surface area (Å²) >= 11 is 0. The van der Waals surface area contributed by atoms with E-state index in [4.69, 9.17) is 9.47 Å². The summed E-state index contributed by atoms with van der Waals surface area (Å²) in [6.45, 7) is 4.11. The Kier molecular flexibility index (Phi) is 4.45. The molecule has 2 saturated heterocycles. The zero-order valence-electron chi connectivity index (χ0n) is 12.3. The molecule has 0 spiro atoms. The topological polar surface area (TPSA) is 64.5 Å². The fraction of sp³-hybridized carbons (Fsp3) is 0.667. The zero-order chi connectivity index (χ0) is 14.7. The van der Waals surface area contributed by atoms with Crippen molar-refractivity contribution in [3.8, 4) is 0 Å². The molecule has 2 aliphatic heterocycles. The number of carbonyl (C=O) groups is 1. The van der Waals surface area contributed by atoms with Gasteiger partial charge in [0.15, 0.2) is 0 Å². The molecule has 0 aromatic carbocycles. The summed E-state index contributed by atoms with van der Waals surface area (Å²) in [6, 6.07) is 1.90. The summed E-state index contributed by atoms with van der Waals surface area (Å²) in [5.74, 6) is 0.0317. The molecule has 6 nitrogen and oxygen atoms in total. The summed E-state index contributed by atoms with van der Waals surface area (Å²) in [5, 5.41) is 7.50. The van der Waals surface area contributed by atoms with Crippen LogP contribution < -0.4 is 0 Å². The molecule has 1 amide bonds. The molecule has 0 bridgehead atoms. The molecule has 3 heterocycles. The number of carbonyl (C=O) groups excluding carboxylic acids is 1. The molecule has 2 aliphatic rings. The maximum atomic E-state index is 12.5. The summed E-state index contributed by atoms with van der Waals surface area (Å²) in [5.41, 5.74) is 0.599. The fourth-order valence-corrected chi connectivity index (χ4v) is 3.20. The van der Waals surface area contributed by atoms with Gasteiger partial charge in [0.05, 0.1) is 42.8 Å². The van der Waals surface area contributed by atoms with Gasteiger partial charge in [0.25, 0.3) is 5.91 Å². The molecular formula is C15H21N3O3. The van der Waals surface area contributed by atoms with Crippen molar-refractivity contribution in [3.05, 3.63) is 24.0 Å². The minimum atomic E-state index is 0.0317. The number of amides is 1. The van der Waals surface area contributed by atoms with E-state index in [1.165, 1.54) is 6.20 Å². The summed E-state index contributed by atoms with van der Waals surface area (Å²) in [6.07, 6.45) is 6.21. The maximum absolute atomic E-state index is 12.5. The Balaban J connectivity index is 1.62. The highest BCUT2D eigenvalue weighted by molar-refractivity contribution is 5.94. The molecule has 0 radical (unpaired) electrons. The number of hydrogen-bond donors (Lipinski definition) is 0. The van der Waals surface area contributed by atoms with Gasteiger partial charge in [-0.1, -0.05) is 0 Å². The third kappa shape index (κ3) is 3.06. The van der Waals surface area contributed by atoms with Crippen molar-refractivity contribution in [2.24, 2.45) is 0 Å². The van der Waals surface area contributed by atoms with Gasteiger partial charge >= 0.3 is 0 Å². The lowest BCUT2D eigenvalue weighted by Crippen LogP contribution is -2.46. The van der Waals surface area contributed by atoms with Crippen LogP contribution in [0, 0.1) is 0 Å². The number of fused-ring (bicyclic) bond motifs is 1. The predicted molar refractivity (Wildman–Crippen MR) is 75.9 cm³/mol. The van der Waals surface area contributed by atoms with Crippen LogP contribution in [0.3, 0.4) is 0 Å². The Hall–Kier alpha value is -1.53. The first-order valence-corrected chi connectivity index (χ1v) is 7.60. The maximum Gasteiger partial charge on any atom is 0.255 e. The van der Waals surface area contributed by atoms with E-state index >= 15 is 0 Å². The fourth-order valence-electron chi connectivity index (χ4n) is 3.20. The third-order valence-corrected chi connectivity index (χ3v) is 4.24. The molecular weight excluding hydrogens is 270 g/mol. The quantitative estimate of drug-likeness (QED) is 0.836. The largest absolute Gasteiger partial charge is 0.379 e. The van der Waals surface area contributed by atoms with Crippen LogP contribution in [-0.2, 0) is 9.47 Å². The number of hydrogen-bond acceptors (Lipinski definition) is 5. The van der Waals surface area contributed by atoms with Crippen molar-refractivity contribution in [3.63, 3.8) is 0 Å². The number of rotatable bonds is 4. The van der Waals surface area contributed by atoms with E-state index in [0.717, 1.165) is 25.8 Å². The van der Waals surface area contributed by atoms with Gasteiger partial charge < -0.3 is 14.4 Å². The molecule has 1 aromatic heterocycles. The molecule has 2 fully saturated rings. The molecule has 3 rings (SSSR count). The van der Waals surface area contributed by atoms with E-state index in [9.17, 15) is 4.79 Å². The second kappa shape index (κ2) is 6.49. The third-order valence-electron chi connectivity index (χ3n) is 4.24. The highest BCUT2D eigenvalue weighted by atomic mass is 16.5. The number of ether oxygens (including phenoxy) is 2. The molecule has 0 aliphatic carbocycles. The van der Waals surface area contributed by atoms with E-state index in [1.807, 2.05) is 11.8 Å². The lowest BCUT2D eigenvalue weighted by molar-refractivity contribution is -0.0951. The molecule has 6 heteroatoms. The molecule has 21 heavy (non-hydrogen) atoms. The smallest absolute Gasteiger partial charge is 0.255 e. The van der Waals surface area contributed by atoms with Crippen LogP contribution in [0.25, 0.3) is 0 Å². The highest BCUT2D eigenvalue weighted by Gasteiger charge is 2.42. The van der Waals surface area contributed by atoms with Crippen molar-refractivity contribution in [2.75, 3.05) is 19.8 Å². The average molecular weight is 291 g/mol.